The van der Waals surface area contributed by atoms with E-state index >= 15 is 0 Å². The number of benzene rings is 1. The van der Waals surface area contributed by atoms with Gasteiger partial charge in [0.1, 0.15) is 0 Å². The van der Waals surface area contributed by atoms with Gasteiger partial charge in [-0.15, -0.1) is 0 Å². The SMILES string of the molecule is Cc1ccc([S-](=O)=O)cc1Cl.[Na+]. The summed E-state index contributed by atoms with van der Waals surface area (Å²) in [7, 11) is -2.18. The summed E-state index contributed by atoms with van der Waals surface area (Å²) >= 11 is 5.68. The summed E-state index contributed by atoms with van der Waals surface area (Å²) in [6.45, 7) is 1.82. The first-order chi connectivity index (χ1) is 5.11. The third-order valence-electron chi connectivity index (χ3n) is 1.34. The van der Waals surface area contributed by atoms with Crippen LogP contribution in [0, 0.1) is 6.92 Å². The molecule has 0 fully saturated rings. The molecule has 2 nitrogen and oxygen atoms in total. The van der Waals surface area contributed by atoms with Crippen molar-refractivity contribution >= 4 is 22.3 Å². The van der Waals surface area contributed by atoms with Crippen molar-refractivity contribution in [3.8, 4) is 0 Å². The fourth-order valence-corrected chi connectivity index (χ4v) is 1.32. The maximum Gasteiger partial charge on any atom is 1.00 e. The molecule has 1 rings (SSSR count). The van der Waals surface area contributed by atoms with Crippen LogP contribution in [0.15, 0.2) is 23.1 Å². The molecule has 0 N–H and O–H groups in total. The second-order valence-corrected chi connectivity index (χ2v) is 3.49. The molecule has 0 atom stereocenters. The summed E-state index contributed by atoms with van der Waals surface area (Å²) in [4.78, 5) is 0.223. The zero-order valence-electron chi connectivity index (χ0n) is 6.83. The summed E-state index contributed by atoms with van der Waals surface area (Å²) in [6, 6.07) is 4.62. The standard InChI is InChI=1S/C7H6ClO2S.Na/c1-5-2-3-6(11(9)10)4-7(5)8;/h2-4H,1H3;/q-1;+1. The van der Waals surface area contributed by atoms with Gasteiger partial charge in [-0.3, -0.25) is 0 Å². The monoisotopic (exact) mass is 212 g/mol. The Hall–Kier alpha value is 0.460. The molecule has 12 heavy (non-hydrogen) atoms. The number of hydrogen-bond acceptors (Lipinski definition) is 3. The van der Waals surface area contributed by atoms with Gasteiger partial charge in [-0.2, -0.15) is 0 Å². The normalized spacial score (nSPS) is 9.58. The van der Waals surface area contributed by atoms with Gasteiger partial charge in [0.15, 0.2) is 0 Å². The van der Waals surface area contributed by atoms with Gasteiger partial charge in [0, 0.05) is 5.02 Å². The summed E-state index contributed by atoms with van der Waals surface area (Å²) in [5.74, 6) is 0. The average molecular weight is 213 g/mol. The molecule has 0 radical (unpaired) electrons. The molecule has 60 valence electrons. The van der Waals surface area contributed by atoms with Crippen LogP contribution in [0.1, 0.15) is 5.56 Å². The van der Waals surface area contributed by atoms with Gasteiger partial charge in [-0.1, -0.05) is 34.7 Å². The minimum absolute atomic E-state index is 0. The maximum absolute atomic E-state index is 10.4. The molecule has 0 spiro atoms. The van der Waals surface area contributed by atoms with Gasteiger partial charge in [0.05, 0.1) is 0 Å². The minimum atomic E-state index is -2.18. The third-order valence-corrected chi connectivity index (χ3v) is 2.38. The molecule has 0 saturated carbocycles. The van der Waals surface area contributed by atoms with E-state index in [1.807, 2.05) is 6.92 Å². The first kappa shape index (κ1) is 12.5. The Morgan fingerprint density at radius 3 is 2.33 bits per heavy atom. The molecule has 0 aromatic heterocycles. The third kappa shape index (κ3) is 3.07. The Bertz CT molecular complexity index is 341. The topological polar surface area (TPSA) is 34.1 Å². The zero-order chi connectivity index (χ0) is 8.43. The van der Waals surface area contributed by atoms with E-state index in [2.05, 4.69) is 0 Å². The van der Waals surface area contributed by atoms with Gasteiger partial charge in [0.25, 0.3) is 0 Å². The molecule has 0 bridgehead atoms. The Morgan fingerprint density at radius 1 is 1.33 bits per heavy atom. The number of rotatable bonds is 1. The molecular weight excluding hydrogens is 207 g/mol. The van der Waals surface area contributed by atoms with Gasteiger partial charge < -0.3 is 8.42 Å². The van der Waals surface area contributed by atoms with E-state index in [4.69, 9.17) is 11.6 Å². The summed E-state index contributed by atoms with van der Waals surface area (Å²) in [5, 5.41) is 0.478. The van der Waals surface area contributed by atoms with Crippen LogP contribution in [-0.4, -0.2) is 0 Å². The Labute approximate surface area is 100 Å². The number of aryl methyl sites for hydroxylation is 1. The van der Waals surface area contributed by atoms with E-state index in [-0.39, 0.29) is 34.5 Å². The minimum Gasteiger partial charge on any atom is -0.420 e. The van der Waals surface area contributed by atoms with E-state index in [1.165, 1.54) is 12.1 Å². The molecule has 0 unspecified atom stereocenters. The number of halogens is 1. The van der Waals surface area contributed by atoms with E-state index in [1.54, 1.807) is 6.07 Å². The van der Waals surface area contributed by atoms with Gasteiger partial charge >= 0.3 is 29.6 Å². The first-order valence-corrected chi connectivity index (χ1v) is 4.42. The van der Waals surface area contributed by atoms with Gasteiger partial charge in [-0.25, -0.2) is 0 Å². The predicted octanol–water partition coefficient (Wildman–Crippen LogP) is -0.679. The maximum atomic E-state index is 10.4. The van der Waals surface area contributed by atoms with Crippen molar-refractivity contribution in [2.24, 2.45) is 0 Å². The fraction of sp³-hybridized carbons (Fsp3) is 0.143. The van der Waals surface area contributed by atoms with E-state index in [0.29, 0.717) is 5.02 Å². The largest absolute Gasteiger partial charge is 1.00 e. The summed E-state index contributed by atoms with van der Waals surface area (Å²) in [6.07, 6.45) is 0. The van der Waals surface area contributed by atoms with Crippen molar-refractivity contribution in [1.82, 2.24) is 0 Å². The summed E-state index contributed by atoms with van der Waals surface area (Å²) in [5.41, 5.74) is 0.876. The van der Waals surface area contributed by atoms with E-state index in [0.717, 1.165) is 5.56 Å². The molecule has 0 saturated heterocycles. The van der Waals surface area contributed by atoms with Crippen molar-refractivity contribution in [1.29, 1.82) is 0 Å². The van der Waals surface area contributed by atoms with Crippen LogP contribution in [0.3, 0.4) is 0 Å². The zero-order valence-corrected chi connectivity index (χ0v) is 10.4. The molecule has 0 aliphatic heterocycles. The smallest absolute Gasteiger partial charge is 0.420 e. The fourth-order valence-electron chi connectivity index (χ4n) is 0.677. The Balaban J connectivity index is 0.00000121. The van der Waals surface area contributed by atoms with E-state index < -0.39 is 10.7 Å². The quantitative estimate of drug-likeness (QED) is 0.457. The predicted molar refractivity (Wildman–Crippen MR) is 43.2 cm³/mol. The van der Waals surface area contributed by atoms with Crippen molar-refractivity contribution < 1.29 is 38.0 Å². The van der Waals surface area contributed by atoms with Crippen LogP contribution in [0.5, 0.6) is 0 Å². The van der Waals surface area contributed by atoms with Gasteiger partial charge in [0.2, 0.25) is 0 Å². The molecule has 0 heterocycles. The van der Waals surface area contributed by atoms with Crippen LogP contribution < -0.4 is 29.6 Å². The molecular formula is C7H6ClNaO2S. The van der Waals surface area contributed by atoms with Crippen LogP contribution in [0.25, 0.3) is 0 Å². The molecule has 5 heteroatoms. The van der Waals surface area contributed by atoms with Crippen LogP contribution in [0.4, 0.5) is 0 Å². The van der Waals surface area contributed by atoms with Crippen molar-refractivity contribution in [2.75, 3.05) is 0 Å². The second-order valence-electron chi connectivity index (χ2n) is 2.15. The van der Waals surface area contributed by atoms with Gasteiger partial charge in [-0.05, 0) is 23.2 Å². The van der Waals surface area contributed by atoms with Crippen LogP contribution in [-0.2, 0) is 19.1 Å². The number of hydrogen-bond donors (Lipinski definition) is 0. The van der Waals surface area contributed by atoms with Crippen molar-refractivity contribution in [2.45, 2.75) is 11.8 Å². The molecule has 0 aliphatic rings. The first-order valence-electron chi connectivity index (χ1n) is 2.96. The molecule has 1 aromatic carbocycles. The van der Waals surface area contributed by atoms with E-state index in [9.17, 15) is 8.42 Å². The Kier molecular flexibility index (Phi) is 5.45. The molecule has 0 aliphatic carbocycles. The Morgan fingerprint density at radius 2 is 1.92 bits per heavy atom. The average Bonchev–Trinajstić information content (AvgIpc) is 1.94. The van der Waals surface area contributed by atoms with Crippen LogP contribution >= 0.6 is 11.6 Å². The molecule has 1 aromatic rings. The second kappa shape index (κ2) is 5.25. The molecule has 0 amide bonds. The summed E-state index contributed by atoms with van der Waals surface area (Å²) < 4.78 is 20.8. The van der Waals surface area contributed by atoms with Crippen LogP contribution in [0.2, 0.25) is 5.02 Å². The van der Waals surface area contributed by atoms with Crippen molar-refractivity contribution in [3.63, 3.8) is 0 Å². The van der Waals surface area contributed by atoms with Crippen molar-refractivity contribution in [3.05, 3.63) is 28.8 Å².